The third-order valence-electron chi connectivity index (χ3n) is 0.709. The molecule has 0 amide bonds. The van der Waals surface area contributed by atoms with Gasteiger partial charge in [-0.25, -0.2) is 4.98 Å². The summed E-state index contributed by atoms with van der Waals surface area (Å²) < 4.78 is 0. The zero-order valence-electron chi connectivity index (χ0n) is 4.67. The van der Waals surface area contributed by atoms with Crippen molar-refractivity contribution in [3.05, 3.63) is 6.33 Å². The van der Waals surface area contributed by atoms with Gasteiger partial charge in [-0.1, -0.05) is 11.8 Å². The fourth-order valence-electron chi connectivity index (χ4n) is 0.399. The van der Waals surface area contributed by atoms with Crippen molar-refractivity contribution in [3.63, 3.8) is 0 Å². The van der Waals surface area contributed by atoms with Crippen LogP contribution in [0.5, 0.6) is 0 Å². The number of aromatic amines is 1. The average Bonchev–Trinajstić information content (AvgIpc) is 2.34. The Bertz CT molecular complexity index is 153. The van der Waals surface area contributed by atoms with Gasteiger partial charge in [-0.2, -0.15) is 5.10 Å². The Balaban J connectivity index is 2.30. The fraction of sp³-hybridized carbons (Fsp3) is 0.500. The smallest absolute Gasteiger partial charge is 0.183 e. The maximum absolute atomic E-state index is 5.44. The van der Waals surface area contributed by atoms with Crippen LogP contribution in [0.15, 0.2) is 11.5 Å². The minimum Gasteiger partial charge on any atom is -0.254 e. The number of thioether (sulfide) groups is 1. The first kappa shape index (κ1) is 6.89. The van der Waals surface area contributed by atoms with Crippen molar-refractivity contribution in [3.8, 4) is 0 Å². The molecular formula is C4H6ClN3S. The number of H-pyrrole nitrogens is 1. The molecule has 1 heterocycles. The van der Waals surface area contributed by atoms with E-state index < -0.39 is 0 Å². The van der Waals surface area contributed by atoms with Crippen molar-refractivity contribution >= 4 is 23.4 Å². The Hall–Kier alpha value is -0.220. The molecule has 1 aromatic rings. The molecule has 0 saturated carbocycles. The monoisotopic (exact) mass is 163 g/mol. The second-order valence-electron chi connectivity index (χ2n) is 1.33. The lowest BCUT2D eigenvalue weighted by Gasteiger charge is -1.87. The number of aromatic nitrogens is 3. The third kappa shape index (κ3) is 2.24. The van der Waals surface area contributed by atoms with E-state index in [-0.39, 0.29) is 0 Å². The summed E-state index contributed by atoms with van der Waals surface area (Å²) in [4.78, 5) is 3.89. The first-order chi connectivity index (χ1) is 4.43. The summed E-state index contributed by atoms with van der Waals surface area (Å²) in [5.41, 5.74) is 0. The van der Waals surface area contributed by atoms with Gasteiger partial charge in [-0.05, 0) is 0 Å². The molecule has 0 fully saturated rings. The normalized spacial score (nSPS) is 9.89. The van der Waals surface area contributed by atoms with Gasteiger partial charge in [-0.15, -0.1) is 11.6 Å². The van der Waals surface area contributed by atoms with Crippen LogP contribution >= 0.6 is 23.4 Å². The van der Waals surface area contributed by atoms with E-state index in [0.29, 0.717) is 5.88 Å². The number of nitrogens with zero attached hydrogens (tertiary/aromatic N) is 2. The lowest BCUT2D eigenvalue weighted by atomic mass is 11.0. The summed E-state index contributed by atoms with van der Waals surface area (Å²) in [7, 11) is 0. The first-order valence-corrected chi connectivity index (χ1v) is 3.99. The Morgan fingerprint density at radius 1 is 1.78 bits per heavy atom. The van der Waals surface area contributed by atoms with Gasteiger partial charge in [-0.3, -0.25) is 5.10 Å². The van der Waals surface area contributed by atoms with Crippen LogP contribution in [-0.2, 0) is 0 Å². The molecule has 1 aromatic heterocycles. The summed E-state index contributed by atoms with van der Waals surface area (Å²) in [6, 6.07) is 0. The molecule has 0 unspecified atom stereocenters. The minimum atomic E-state index is 0.644. The van der Waals surface area contributed by atoms with Gasteiger partial charge < -0.3 is 0 Å². The summed E-state index contributed by atoms with van der Waals surface area (Å²) in [5.74, 6) is 1.52. The molecule has 0 saturated heterocycles. The quantitative estimate of drug-likeness (QED) is 0.537. The van der Waals surface area contributed by atoms with E-state index in [1.165, 1.54) is 6.33 Å². The molecule has 0 bridgehead atoms. The van der Waals surface area contributed by atoms with Crippen LogP contribution in [-0.4, -0.2) is 26.8 Å². The summed E-state index contributed by atoms with van der Waals surface area (Å²) >= 11 is 7.00. The Morgan fingerprint density at radius 3 is 3.22 bits per heavy atom. The molecule has 1 N–H and O–H groups in total. The molecule has 0 aliphatic heterocycles. The Labute approximate surface area is 62.2 Å². The van der Waals surface area contributed by atoms with E-state index >= 15 is 0 Å². The third-order valence-corrected chi connectivity index (χ3v) is 2.00. The van der Waals surface area contributed by atoms with Gasteiger partial charge in [0, 0.05) is 11.6 Å². The van der Waals surface area contributed by atoms with Crippen molar-refractivity contribution in [2.75, 3.05) is 11.6 Å². The van der Waals surface area contributed by atoms with E-state index in [4.69, 9.17) is 11.6 Å². The molecule has 9 heavy (non-hydrogen) atoms. The summed E-state index contributed by atoms with van der Waals surface area (Å²) in [5, 5.41) is 7.22. The molecular weight excluding hydrogens is 158 g/mol. The van der Waals surface area contributed by atoms with Gasteiger partial charge in [0.25, 0.3) is 0 Å². The molecule has 5 heteroatoms. The molecule has 0 spiro atoms. The number of nitrogens with one attached hydrogen (secondary N) is 1. The van der Waals surface area contributed by atoms with E-state index in [1.807, 2.05) is 0 Å². The van der Waals surface area contributed by atoms with Crippen molar-refractivity contribution in [1.29, 1.82) is 0 Å². The summed E-state index contributed by atoms with van der Waals surface area (Å²) in [6.45, 7) is 0. The van der Waals surface area contributed by atoms with Crippen LogP contribution < -0.4 is 0 Å². The second kappa shape index (κ2) is 3.74. The van der Waals surface area contributed by atoms with E-state index in [9.17, 15) is 0 Å². The number of hydrogen-bond donors (Lipinski definition) is 1. The molecule has 0 radical (unpaired) electrons. The average molecular weight is 164 g/mol. The zero-order chi connectivity index (χ0) is 6.53. The highest BCUT2D eigenvalue weighted by Gasteiger charge is 1.92. The van der Waals surface area contributed by atoms with Crippen LogP contribution in [0.2, 0.25) is 0 Å². The van der Waals surface area contributed by atoms with Crippen LogP contribution in [0.4, 0.5) is 0 Å². The highest BCUT2D eigenvalue weighted by molar-refractivity contribution is 7.99. The molecule has 0 aromatic carbocycles. The summed E-state index contributed by atoms with van der Waals surface area (Å²) in [6.07, 6.45) is 1.48. The largest absolute Gasteiger partial charge is 0.254 e. The molecule has 50 valence electrons. The highest BCUT2D eigenvalue weighted by Crippen LogP contribution is 2.09. The lowest BCUT2D eigenvalue weighted by molar-refractivity contribution is 0.974. The predicted octanol–water partition coefficient (Wildman–Crippen LogP) is 1.14. The van der Waals surface area contributed by atoms with Crippen LogP contribution in [0.1, 0.15) is 0 Å². The number of hydrogen-bond acceptors (Lipinski definition) is 3. The van der Waals surface area contributed by atoms with Gasteiger partial charge >= 0.3 is 0 Å². The molecule has 1 rings (SSSR count). The molecule has 0 aliphatic rings. The van der Waals surface area contributed by atoms with Crippen LogP contribution in [0.25, 0.3) is 0 Å². The van der Waals surface area contributed by atoms with Crippen LogP contribution in [0, 0.1) is 0 Å². The first-order valence-electron chi connectivity index (χ1n) is 2.47. The maximum atomic E-state index is 5.44. The van der Waals surface area contributed by atoms with Gasteiger partial charge in [0.2, 0.25) is 0 Å². The van der Waals surface area contributed by atoms with E-state index in [1.54, 1.807) is 11.8 Å². The zero-order valence-corrected chi connectivity index (χ0v) is 6.24. The van der Waals surface area contributed by atoms with Crippen molar-refractivity contribution in [2.45, 2.75) is 5.16 Å². The lowest BCUT2D eigenvalue weighted by Crippen LogP contribution is -1.80. The van der Waals surface area contributed by atoms with Gasteiger partial charge in [0.05, 0.1) is 0 Å². The SMILES string of the molecule is ClCCSc1ncn[nH]1. The predicted molar refractivity (Wildman–Crippen MR) is 37.8 cm³/mol. The Morgan fingerprint density at radius 2 is 2.67 bits per heavy atom. The molecule has 0 aliphatic carbocycles. The number of rotatable bonds is 3. The Kier molecular flexibility index (Phi) is 2.86. The second-order valence-corrected chi connectivity index (χ2v) is 2.79. The van der Waals surface area contributed by atoms with Crippen molar-refractivity contribution in [2.24, 2.45) is 0 Å². The highest BCUT2D eigenvalue weighted by atomic mass is 35.5. The minimum absolute atomic E-state index is 0.644. The van der Waals surface area contributed by atoms with Crippen molar-refractivity contribution in [1.82, 2.24) is 15.2 Å². The van der Waals surface area contributed by atoms with E-state index in [0.717, 1.165) is 10.9 Å². The number of halogens is 1. The van der Waals surface area contributed by atoms with Crippen LogP contribution in [0.3, 0.4) is 0 Å². The van der Waals surface area contributed by atoms with Gasteiger partial charge in [0.15, 0.2) is 5.16 Å². The molecule has 0 atom stereocenters. The fourth-order valence-corrected chi connectivity index (χ4v) is 1.14. The molecule has 3 nitrogen and oxygen atoms in total. The topological polar surface area (TPSA) is 41.6 Å². The van der Waals surface area contributed by atoms with Crippen molar-refractivity contribution < 1.29 is 0 Å². The van der Waals surface area contributed by atoms with E-state index in [2.05, 4.69) is 15.2 Å². The number of alkyl halides is 1. The van der Waals surface area contributed by atoms with Gasteiger partial charge in [0.1, 0.15) is 6.33 Å². The maximum Gasteiger partial charge on any atom is 0.183 e. The standard InChI is InChI=1S/C4H6ClN3S/c5-1-2-9-4-6-3-7-8-4/h3H,1-2H2,(H,6,7,8).